The Labute approximate surface area is 136 Å². The maximum absolute atomic E-state index is 11.7. The van der Waals surface area contributed by atoms with Gasteiger partial charge in [0.1, 0.15) is 5.76 Å². The van der Waals surface area contributed by atoms with Crippen LogP contribution in [0, 0.1) is 0 Å². The topological polar surface area (TPSA) is 54.3 Å². The molecule has 0 radical (unpaired) electrons. The predicted octanol–water partition coefficient (Wildman–Crippen LogP) is 4.11. The average molecular weight is 341 g/mol. The van der Waals surface area contributed by atoms with E-state index in [2.05, 4.69) is 10.6 Å². The molecular formula is C14H10Cl2N2O2S. The summed E-state index contributed by atoms with van der Waals surface area (Å²) >= 11 is 16.8. The van der Waals surface area contributed by atoms with Crippen molar-refractivity contribution in [3.63, 3.8) is 0 Å². The van der Waals surface area contributed by atoms with E-state index in [9.17, 15) is 4.79 Å². The summed E-state index contributed by atoms with van der Waals surface area (Å²) in [6.07, 6.45) is 4.37. The molecule has 108 valence electrons. The molecule has 0 saturated heterocycles. The van der Waals surface area contributed by atoms with Gasteiger partial charge in [0.05, 0.1) is 6.26 Å². The molecule has 0 atom stereocenters. The van der Waals surface area contributed by atoms with Crippen molar-refractivity contribution >= 4 is 58.2 Å². The molecule has 21 heavy (non-hydrogen) atoms. The molecule has 2 N–H and O–H groups in total. The maximum atomic E-state index is 11.7. The van der Waals surface area contributed by atoms with Crippen LogP contribution in [0.1, 0.15) is 5.76 Å². The fourth-order valence-electron chi connectivity index (χ4n) is 1.49. The summed E-state index contributed by atoms with van der Waals surface area (Å²) in [7, 11) is 0. The van der Waals surface area contributed by atoms with Crippen LogP contribution in [-0.4, -0.2) is 11.0 Å². The maximum Gasteiger partial charge on any atom is 0.250 e. The lowest BCUT2D eigenvalue weighted by molar-refractivity contribution is -0.115. The second-order valence-electron chi connectivity index (χ2n) is 3.95. The number of amides is 1. The number of benzene rings is 1. The molecule has 0 bridgehead atoms. The standard InChI is InChI=1S/C14H10Cl2N2O2S/c15-9-6-10(16)8-11(7-9)17-14(21)18-13(19)4-3-12-2-1-5-20-12/h1-8H,(H2,17,18,19,21)/b4-3+. The average Bonchev–Trinajstić information content (AvgIpc) is 2.87. The van der Waals surface area contributed by atoms with E-state index in [-0.39, 0.29) is 11.0 Å². The van der Waals surface area contributed by atoms with Crippen molar-refractivity contribution in [3.05, 3.63) is 58.5 Å². The second kappa shape index (κ2) is 7.26. The Morgan fingerprint density at radius 2 is 1.95 bits per heavy atom. The molecule has 7 heteroatoms. The van der Waals surface area contributed by atoms with E-state index in [1.54, 1.807) is 30.3 Å². The Hall–Kier alpha value is -1.82. The van der Waals surface area contributed by atoms with Crippen LogP contribution in [0.4, 0.5) is 5.69 Å². The molecule has 0 aliphatic heterocycles. The van der Waals surface area contributed by atoms with Gasteiger partial charge in [-0.25, -0.2) is 0 Å². The SMILES string of the molecule is O=C(/C=C/c1ccco1)NC(=S)Nc1cc(Cl)cc(Cl)c1. The number of hydrogen-bond acceptors (Lipinski definition) is 3. The van der Waals surface area contributed by atoms with Crippen molar-refractivity contribution < 1.29 is 9.21 Å². The fraction of sp³-hybridized carbons (Fsp3) is 0. The minimum atomic E-state index is -0.378. The van der Waals surface area contributed by atoms with Gasteiger partial charge in [-0.1, -0.05) is 23.2 Å². The summed E-state index contributed by atoms with van der Waals surface area (Å²) in [5, 5.41) is 6.40. The van der Waals surface area contributed by atoms with Crippen molar-refractivity contribution in [2.45, 2.75) is 0 Å². The normalized spacial score (nSPS) is 10.6. The van der Waals surface area contributed by atoms with Crippen LogP contribution in [-0.2, 0) is 4.79 Å². The Kier molecular flexibility index (Phi) is 5.38. The van der Waals surface area contributed by atoms with Crippen LogP contribution in [0.25, 0.3) is 6.08 Å². The molecule has 1 amide bonds. The first kappa shape index (κ1) is 15.6. The van der Waals surface area contributed by atoms with E-state index < -0.39 is 0 Å². The van der Waals surface area contributed by atoms with Crippen molar-refractivity contribution in [2.75, 3.05) is 5.32 Å². The molecule has 2 aromatic rings. The molecule has 0 fully saturated rings. The Morgan fingerprint density at radius 3 is 2.57 bits per heavy atom. The molecule has 0 saturated carbocycles. The molecule has 1 aromatic carbocycles. The zero-order chi connectivity index (χ0) is 15.2. The van der Waals surface area contributed by atoms with Gasteiger partial charge in [0.15, 0.2) is 5.11 Å². The molecule has 2 rings (SSSR count). The van der Waals surface area contributed by atoms with Crippen LogP contribution in [0.3, 0.4) is 0 Å². The largest absolute Gasteiger partial charge is 0.465 e. The second-order valence-corrected chi connectivity index (χ2v) is 5.23. The molecule has 0 aliphatic carbocycles. The van der Waals surface area contributed by atoms with Crippen LogP contribution < -0.4 is 10.6 Å². The molecular weight excluding hydrogens is 331 g/mol. The first-order valence-electron chi connectivity index (χ1n) is 5.82. The molecule has 0 unspecified atom stereocenters. The quantitative estimate of drug-likeness (QED) is 0.652. The van der Waals surface area contributed by atoms with E-state index >= 15 is 0 Å². The van der Waals surface area contributed by atoms with Crippen LogP contribution in [0.15, 0.2) is 47.1 Å². The van der Waals surface area contributed by atoms with Gasteiger partial charge in [0, 0.05) is 21.8 Å². The third-order valence-electron chi connectivity index (χ3n) is 2.30. The predicted molar refractivity (Wildman–Crippen MR) is 88.6 cm³/mol. The van der Waals surface area contributed by atoms with Gasteiger partial charge in [-0.2, -0.15) is 0 Å². The first-order valence-corrected chi connectivity index (χ1v) is 6.99. The minimum Gasteiger partial charge on any atom is -0.465 e. The summed E-state index contributed by atoms with van der Waals surface area (Å²) in [5.74, 6) is 0.197. The Morgan fingerprint density at radius 1 is 1.24 bits per heavy atom. The lowest BCUT2D eigenvalue weighted by atomic mass is 10.3. The summed E-state index contributed by atoms with van der Waals surface area (Å²) in [4.78, 5) is 11.7. The van der Waals surface area contributed by atoms with Crippen LogP contribution in [0.5, 0.6) is 0 Å². The van der Waals surface area contributed by atoms with Crippen molar-refractivity contribution in [1.29, 1.82) is 0 Å². The highest BCUT2D eigenvalue weighted by Gasteiger charge is 2.03. The van der Waals surface area contributed by atoms with Gasteiger partial charge in [-0.15, -0.1) is 0 Å². The summed E-state index contributed by atoms with van der Waals surface area (Å²) in [6.45, 7) is 0. The van der Waals surface area contributed by atoms with E-state index in [0.717, 1.165) is 0 Å². The highest BCUT2D eigenvalue weighted by molar-refractivity contribution is 7.80. The number of halogens is 2. The summed E-state index contributed by atoms with van der Waals surface area (Å²) < 4.78 is 5.07. The van der Waals surface area contributed by atoms with E-state index in [1.165, 1.54) is 18.4 Å². The number of nitrogens with one attached hydrogen (secondary N) is 2. The Bertz CT molecular complexity index is 664. The summed E-state index contributed by atoms with van der Waals surface area (Å²) in [6, 6.07) is 8.35. The van der Waals surface area contributed by atoms with Crippen molar-refractivity contribution in [2.24, 2.45) is 0 Å². The van der Waals surface area contributed by atoms with Crippen molar-refractivity contribution in [1.82, 2.24) is 5.32 Å². The number of carbonyl (C=O) groups is 1. The molecule has 0 spiro atoms. The number of anilines is 1. The third kappa shape index (κ3) is 5.23. The van der Waals surface area contributed by atoms with Gasteiger partial charge in [-0.3, -0.25) is 10.1 Å². The monoisotopic (exact) mass is 340 g/mol. The molecule has 1 aromatic heterocycles. The van der Waals surface area contributed by atoms with E-state index in [1.807, 2.05) is 0 Å². The number of thiocarbonyl (C=S) groups is 1. The molecule has 0 aliphatic rings. The van der Waals surface area contributed by atoms with Crippen LogP contribution >= 0.6 is 35.4 Å². The third-order valence-corrected chi connectivity index (χ3v) is 2.94. The Balaban J connectivity index is 1.90. The van der Waals surface area contributed by atoms with Gasteiger partial charge in [0.25, 0.3) is 0 Å². The molecule has 4 nitrogen and oxygen atoms in total. The molecule has 1 heterocycles. The van der Waals surface area contributed by atoms with E-state index in [4.69, 9.17) is 39.8 Å². The lowest BCUT2D eigenvalue weighted by Gasteiger charge is -2.08. The number of furan rings is 1. The minimum absolute atomic E-state index is 0.141. The highest BCUT2D eigenvalue weighted by Crippen LogP contribution is 2.22. The van der Waals surface area contributed by atoms with Gasteiger partial charge in [0.2, 0.25) is 5.91 Å². The van der Waals surface area contributed by atoms with Gasteiger partial charge >= 0.3 is 0 Å². The highest BCUT2D eigenvalue weighted by atomic mass is 35.5. The van der Waals surface area contributed by atoms with Crippen molar-refractivity contribution in [3.8, 4) is 0 Å². The lowest BCUT2D eigenvalue weighted by Crippen LogP contribution is -2.32. The van der Waals surface area contributed by atoms with Crippen LogP contribution in [0.2, 0.25) is 10.0 Å². The smallest absolute Gasteiger partial charge is 0.250 e. The zero-order valence-electron chi connectivity index (χ0n) is 10.6. The van der Waals surface area contributed by atoms with E-state index in [0.29, 0.717) is 21.5 Å². The number of carbonyl (C=O) groups excluding carboxylic acids is 1. The van der Waals surface area contributed by atoms with Gasteiger partial charge < -0.3 is 9.73 Å². The number of rotatable bonds is 3. The number of hydrogen-bond donors (Lipinski definition) is 2. The fourth-order valence-corrected chi connectivity index (χ4v) is 2.23. The zero-order valence-corrected chi connectivity index (χ0v) is 12.9. The van der Waals surface area contributed by atoms with Gasteiger partial charge in [-0.05, 0) is 48.6 Å². The first-order chi connectivity index (χ1) is 10.0. The summed E-state index contributed by atoms with van der Waals surface area (Å²) in [5.41, 5.74) is 0.591.